The second-order valence-corrected chi connectivity index (χ2v) is 3.73. The zero-order valence-corrected chi connectivity index (χ0v) is 9.95. The zero-order valence-electron chi connectivity index (χ0n) is 9.95. The van der Waals surface area contributed by atoms with Crippen molar-refractivity contribution in [3.05, 3.63) is 35.9 Å². The van der Waals surface area contributed by atoms with Crippen LogP contribution in [0, 0.1) is 0 Å². The number of hydrogen-bond donors (Lipinski definition) is 1. The lowest BCUT2D eigenvalue weighted by Crippen LogP contribution is -2.04. The SMILES string of the molecule is C=C(C)CCOc1cc(OC)ccc1CN. The van der Waals surface area contributed by atoms with Gasteiger partial charge in [0.2, 0.25) is 0 Å². The lowest BCUT2D eigenvalue weighted by Gasteiger charge is -2.11. The summed E-state index contributed by atoms with van der Waals surface area (Å²) >= 11 is 0. The molecule has 3 heteroatoms. The van der Waals surface area contributed by atoms with Crippen molar-refractivity contribution in [1.29, 1.82) is 0 Å². The highest BCUT2D eigenvalue weighted by atomic mass is 16.5. The van der Waals surface area contributed by atoms with Crippen LogP contribution in [0.15, 0.2) is 30.4 Å². The van der Waals surface area contributed by atoms with Crippen molar-refractivity contribution in [3.63, 3.8) is 0 Å². The molecule has 0 aliphatic carbocycles. The molecule has 3 nitrogen and oxygen atoms in total. The Labute approximate surface area is 96.9 Å². The van der Waals surface area contributed by atoms with E-state index in [-0.39, 0.29) is 0 Å². The van der Waals surface area contributed by atoms with Crippen molar-refractivity contribution in [3.8, 4) is 11.5 Å². The van der Waals surface area contributed by atoms with E-state index in [0.717, 1.165) is 29.1 Å². The van der Waals surface area contributed by atoms with Gasteiger partial charge in [0.05, 0.1) is 13.7 Å². The number of nitrogens with two attached hydrogens (primary N) is 1. The van der Waals surface area contributed by atoms with Crippen LogP contribution in [0.5, 0.6) is 11.5 Å². The molecule has 0 unspecified atom stereocenters. The van der Waals surface area contributed by atoms with E-state index in [0.29, 0.717) is 13.2 Å². The topological polar surface area (TPSA) is 44.5 Å². The van der Waals surface area contributed by atoms with Crippen LogP contribution in [0.25, 0.3) is 0 Å². The maximum absolute atomic E-state index is 5.66. The first-order chi connectivity index (χ1) is 7.67. The summed E-state index contributed by atoms with van der Waals surface area (Å²) in [5, 5.41) is 0. The predicted octanol–water partition coefficient (Wildman–Crippen LogP) is 2.50. The molecule has 0 heterocycles. The van der Waals surface area contributed by atoms with Crippen molar-refractivity contribution in [2.75, 3.05) is 13.7 Å². The first-order valence-electron chi connectivity index (χ1n) is 5.31. The molecule has 0 aliphatic heterocycles. The molecule has 0 aromatic heterocycles. The minimum Gasteiger partial charge on any atom is -0.497 e. The monoisotopic (exact) mass is 221 g/mol. The molecule has 1 rings (SSSR count). The Hall–Kier alpha value is -1.48. The molecule has 0 spiro atoms. The molecule has 0 bridgehead atoms. The van der Waals surface area contributed by atoms with Crippen LogP contribution < -0.4 is 15.2 Å². The predicted molar refractivity (Wildman–Crippen MR) is 65.8 cm³/mol. The fourth-order valence-electron chi connectivity index (χ4n) is 1.30. The summed E-state index contributed by atoms with van der Waals surface area (Å²) in [6.45, 7) is 6.90. The van der Waals surface area contributed by atoms with Crippen molar-refractivity contribution in [2.24, 2.45) is 5.73 Å². The second kappa shape index (κ2) is 6.18. The molecule has 16 heavy (non-hydrogen) atoms. The number of methoxy groups -OCH3 is 1. The van der Waals surface area contributed by atoms with Crippen molar-refractivity contribution >= 4 is 0 Å². The second-order valence-electron chi connectivity index (χ2n) is 3.73. The third-order valence-corrected chi connectivity index (χ3v) is 2.28. The van der Waals surface area contributed by atoms with Gasteiger partial charge in [-0.25, -0.2) is 0 Å². The summed E-state index contributed by atoms with van der Waals surface area (Å²) in [5.41, 5.74) is 7.73. The van der Waals surface area contributed by atoms with Crippen LogP contribution in [0.1, 0.15) is 18.9 Å². The lowest BCUT2D eigenvalue weighted by molar-refractivity contribution is 0.315. The largest absolute Gasteiger partial charge is 0.497 e. The molecule has 0 radical (unpaired) electrons. The lowest BCUT2D eigenvalue weighted by atomic mass is 10.2. The number of rotatable bonds is 6. The van der Waals surface area contributed by atoms with Crippen LogP contribution in [0.2, 0.25) is 0 Å². The Morgan fingerprint density at radius 2 is 2.19 bits per heavy atom. The molecule has 0 amide bonds. The Morgan fingerprint density at radius 3 is 2.75 bits per heavy atom. The summed E-state index contributed by atoms with van der Waals surface area (Å²) in [4.78, 5) is 0. The summed E-state index contributed by atoms with van der Waals surface area (Å²) in [6.07, 6.45) is 0.848. The van der Waals surface area contributed by atoms with Crippen molar-refractivity contribution < 1.29 is 9.47 Å². The van der Waals surface area contributed by atoms with Gasteiger partial charge >= 0.3 is 0 Å². The first kappa shape index (κ1) is 12.6. The maximum atomic E-state index is 5.66. The smallest absolute Gasteiger partial charge is 0.127 e. The fourth-order valence-corrected chi connectivity index (χ4v) is 1.30. The highest BCUT2D eigenvalue weighted by Crippen LogP contribution is 2.24. The molecule has 0 fully saturated rings. The number of benzene rings is 1. The molecule has 0 saturated carbocycles. The number of hydrogen-bond acceptors (Lipinski definition) is 3. The minimum atomic E-state index is 0.465. The first-order valence-corrected chi connectivity index (χ1v) is 5.31. The highest BCUT2D eigenvalue weighted by molar-refractivity contribution is 5.40. The van der Waals surface area contributed by atoms with E-state index >= 15 is 0 Å². The third-order valence-electron chi connectivity index (χ3n) is 2.28. The molecule has 2 N–H and O–H groups in total. The van der Waals surface area contributed by atoms with Crippen LogP contribution in [-0.4, -0.2) is 13.7 Å². The van der Waals surface area contributed by atoms with Gasteiger partial charge in [0.15, 0.2) is 0 Å². The van der Waals surface area contributed by atoms with Gasteiger partial charge in [0.25, 0.3) is 0 Å². The van der Waals surface area contributed by atoms with Crippen LogP contribution >= 0.6 is 0 Å². The maximum Gasteiger partial charge on any atom is 0.127 e. The zero-order chi connectivity index (χ0) is 12.0. The van der Waals surface area contributed by atoms with Gasteiger partial charge in [0.1, 0.15) is 11.5 Å². The molecular weight excluding hydrogens is 202 g/mol. The van der Waals surface area contributed by atoms with Crippen LogP contribution in [-0.2, 0) is 6.54 Å². The quantitative estimate of drug-likeness (QED) is 0.751. The van der Waals surface area contributed by atoms with Crippen LogP contribution in [0.4, 0.5) is 0 Å². The number of ether oxygens (including phenoxy) is 2. The normalized spacial score (nSPS) is 9.94. The summed E-state index contributed by atoms with van der Waals surface area (Å²) in [7, 11) is 1.63. The minimum absolute atomic E-state index is 0.465. The summed E-state index contributed by atoms with van der Waals surface area (Å²) in [5.74, 6) is 1.57. The fraction of sp³-hybridized carbons (Fsp3) is 0.385. The molecule has 1 aromatic rings. The van der Waals surface area contributed by atoms with E-state index in [1.807, 2.05) is 25.1 Å². The highest BCUT2D eigenvalue weighted by Gasteiger charge is 2.04. The molecule has 1 aromatic carbocycles. The van der Waals surface area contributed by atoms with Gasteiger partial charge < -0.3 is 15.2 Å². The third kappa shape index (κ3) is 3.59. The summed E-state index contributed by atoms with van der Waals surface area (Å²) in [6, 6.07) is 5.67. The molecule has 88 valence electrons. The standard InChI is InChI=1S/C13H19NO2/c1-10(2)6-7-16-13-8-12(15-3)5-4-11(13)9-14/h4-5,8H,1,6-7,9,14H2,2-3H3. The van der Waals surface area contributed by atoms with Crippen LogP contribution in [0.3, 0.4) is 0 Å². The van der Waals surface area contributed by atoms with E-state index < -0.39 is 0 Å². The van der Waals surface area contributed by atoms with Gasteiger partial charge in [0, 0.05) is 24.6 Å². The van der Waals surface area contributed by atoms with Gasteiger partial charge in [-0.2, -0.15) is 0 Å². The Kier molecular flexibility index (Phi) is 4.86. The average Bonchev–Trinajstić information content (AvgIpc) is 2.28. The molecule has 0 aliphatic rings. The molecule has 0 atom stereocenters. The van der Waals surface area contributed by atoms with E-state index in [2.05, 4.69) is 6.58 Å². The van der Waals surface area contributed by atoms with Gasteiger partial charge in [-0.1, -0.05) is 11.6 Å². The van der Waals surface area contributed by atoms with Crippen molar-refractivity contribution in [2.45, 2.75) is 19.9 Å². The summed E-state index contributed by atoms with van der Waals surface area (Å²) < 4.78 is 10.8. The Morgan fingerprint density at radius 1 is 1.44 bits per heavy atom. The van der Waals surface area contributed by atoms with E-state index in [4.69, 9.17) is 15.2 Å². The molecular formula is C13H19NO2. The van der Waals surface area contributed by atoms with Gasteiger partial charge in [-0.05, 0) is 13.0 Å². The average molecular weight is 221 g/mol. The van der Waals surface area contributed by atoms with E-state index in [1.54, 1.807) is 7.11 Å². The van der Waals surface area contributed by atoms with Gasteiger partial charge in [-0.3, -0.25) is 0 Å². The van der Waals surface area contributed by atoms with Gasteiger partial charge in [-0.15, -0.1) is 6.58 Å². The van der Waals surface area contributed by atoms with E-state index in [1.165, 1.54) is 0 Å². The molecule has 0 saturated heterocycles. The Balaban J connectivity index is 2.71. The van der Waals surface area contributed by atoms with E-state index in [9.17, 15) is 0 Å². The van der Waals surface area contributed by atoms with Crippen molar-refractivity contribution in [1.82, 2.24) is 0 Å². The Bertz CT molecular complexity index is 361.